The number of alkyl halides is 3. The van der Waals surface area contributed by atoms with Crippen molar-refractivity contribution < 1.29 is 31.5 Å². The molecule has 2 N–H and O–H groups in total. The molecule has 0 fully saturated rings. The zero-order chi connectivity index (χ0) is 18.8. The molecule has 0 unspecified atom stereocenters. The number of hydrogen-bond acceptors (Lipinski definition) is 3. The van der Waals surface area contributed by atoms with Crippen LogP contribution in [0.25, 0.3) is 11.1 Å². The maximum atomic E-state index is 12.6. The van der Waals surface area contributed by atoms with Crippen LogP contribution < -0.4 is 4.72 Å². The van der Waals surface area contributed by atoms with Crippen LogP contribution in [0.3, 0.4) is 0 Å². The van der Waals surface area contributed by atoms with Gasteiger partial charge in [-0.25, -0.2) is 13.2 Å². The van der Waals surface area contributed by atoms with Crippen LogP contribution >= 0.6 is 0 Å². The van der Waals surface area contributed by atoms with E-state index in [1.807, 2.05) is 0 Å². The van der Waals surface area contributed by atoms with Crippen molar-refractivity contribution in [1.29, 1.82) is 0 Å². The fourth-order valence-electron chi connectivity index (χ4n) is 2.12. The van der Waals surface area contributed by atoms with E-state index in [1.54, 1.807) is 0 Å². The summed E-state index contributed by atoms with van der Waals surface area (Å²) in [6, 6.07) is 7.71. The van der Waals surface area contributed by atoms with Crippen LogP contribution in [-0.2, 0) is 16.2 Å². The van der Waals surface area contributed by atoms with Gasteiger partial charge in [0.25, 0.3) is 0 Å². The van der Waals surface area contributed by atoms with E-state index >= 15 is 0 Å². The van der Waals surface area contributed by atoms with Crippen molar-refractivity contribution in [3.8, 4) is 11.1 Å². The van der Waals surface area contributed by atoms with Crippen molar-refractivity contribution in [3.05, 3.63) is 53.6 Å². The number of aromatic carboxylic acids is 1. The highest BCUT2D eigenvalue weighted by Gasteiger charge is 2.30. The monoisotopic (exact) mass is 373 g/mol. The Morgan fingerprint density at radius 2 is 1.72 bits per heavy atom. The van der Waals surface area contributed by atoms with Gasteiger partial charge in [0.1, 0.15) is 0 Å². The second kappa shape index (κ2) is 6.75. The average Bonchev–Trinajstić information content (AvgIpc) is 2.53. The van der Waals surface area contributed by atoms with Gasteiger partial charge in [-0.1, -0.05) is 12.1 Å². The van der Waals surface area contributed by atoms with E-state index in [1.165, 1.54) is 25.1 Å². The molecule has 5 nitrogen and oxygen atoms in total. The van der Waals surface area contributed by atoms with Gasteiger partial charge < -0.3 is 5.11 Å². The molecule has 0 heterocycles. The topological polar surface area (TPSA) is 83.5 Å². The lowest BCUT2D eigenvalue weighted by Gasteiger charge is -2.12. The van der Waals surface area contributed by atoms with Crippen LogP contribution in [0.1, 0.15) is 22.8 Å². The average molecular weight is 373 g/mol. The molecule has 2 aromatic rings. The van der Waals surface area contributed by atoms with Crippen LogP contribution in [0.4, 0.5) is 18.9 Å². The third-order valence-corrected chi connectivity index (χ3v) is 4.73. The number of hydrogen-bond donors (Lipinski definition) is 2. The summed E-state index contributed by atoms with van der Waals surface area (Å²) in [5, 5.41) is 9.26. The maximum Gasteiger partial charge on any atom is 0.416 e. The number of benzene rings is 2. The predicted octanol–water partition coefficient (Wildman–Crippen LogP) is 3.83. The number of nitrogens with one attached hydrogen (secondary N) is 1. The number of halogens is 3. The summed E-state index contributed by atoms with van der Waals surface area (Å²) in [7, 11) is -3.58. The molecule has 134 valence electrons. The van der Waals surface area contributed by atoms with E-state index in [9.17, 15) is 31.5 Å². The fourth-order valence-corrected chi connectivity index (χ4v) is 2.75. The van der Waals surface area contributed by atoms with Gasteiger partial charge in [0.2, 0.25) is 10.0 Å². The molecular weight excluding hydrogens is 359 g/mol. The first-order valence-corrected chi connectivity index (χ1v) is 8.74. The van der Waals surface area contributed by atoms with E-state index in [-0.39, 0.29) is 28.1 Å². The molecule has 9 heteroatoms. The number of rotatable bonds is 5. The van der Waals surface area contributed by atoms with E-state index in [0.717, 1.165) is 24.3 Å². The molecule has 0 amide bonds. The second-order valence-corrected chi connectivity index (χ2v) is 7.16. The highest BCUT2D eigenvalue weighted by Crippen LogP contribution is 2.33. The standard InChI is InChI=1S/C16H14F3NO4S/c1-2-25(23,24)20-12-7-8-13(15(21)22)14(9-12)10-3-5-11(6-4-10)16(17,18)19/h3-9,20H,2H2,1H3,(H,21,22). The number of anilines is 1. The maximum absolute atomic E-state index is 12.6. The van der Waals surface area contributed by atoms with Gasteiger partial charge >= 0.3 is 12.1 Å². The Morgan fingerprint density at radius 3 is 2.20 bits per heavy atom. The highest BCUT2D eigenvalue weighted by atomic mass is 32.2. The Balaban J connectivity index is 2.52. The van der Waals surface area contributed by atoms with Gasteiger partial charge in [-0.2, -0.15) is 13.2 Å². The minimum Gasteiger partial charge on any atom is -0.478 e. The van der Waals surface area contributed by atoms with E-state index in [0.29, 0.717) is 0 Å². The molecule has 0 atom stereocenters. The fraction of sp³-hybridized carbons (Fsp3) is 0.188. The summed E-state index contributed by atoms with van der Waals surface area (Å²) in [6.07, 6.45) is -4.51. The number of carboxylic acids is 1. The summed E-state index contributed by atoms with van der Waals surface area (Å²) in [4.78, 5) is 11.4. The Labute approximate surface area is 142 Å². The van der Waals surface area contributed by atoms with Crippen molar-refractivity contribution in [1.82, 2.24) is 0 Å². The molecule has 0 aliphatic heterocycles. The van der Waals surface area contributed by atoms with Gasteiger partial charge in [0, 0.05) is 5.69 Å². The van der Waals surface area contributed by atoms with Crippen molar-refractivity contribution in [2.45, 2.75) is 13.1 Å². The summed E-state index contributed by atoms with van der Waals surface area (Å²) in [5.41, 5.74) is -0.558. The molecule has 0 aliphatic rings. The molecule has 0 saturated carbocycles. The Kier molecular flexibility index (Phi) is 5.07. The molecule has 0 aliphatic carbocycles. The minimum absolute atomic E-state index is 0.109. The zero-order valence-electron chi connectivity index (χ0n) is 13.0. The highest BCUT2D eigenvalue weighted by molar-refractivity contribution is 7.92. The van der Waals surface area contributed by atoms with Crippen LogP contribution in [0.2, 0.25) is 0 Å². The lowest BCUT2D eigenvalue weighted by molar-refractivity contribution is -0.137. The molecule has 0 radical (unpaired) electrons. The van der Waals surface area contributed by atoms with Crippen LogP contribution in [0.5, 0.6) is 0 Å². The first-order valence-electron chi connectivity index (χ1n) is 7.09. The SMILES string of the molecule is CCS(=O)(=O)Nc1ccc(C(=O)O)c(-c2ccc(C(F)(F)F)cc2)c1. The first-order chi connectivity index (χ1) is 11.5. The first kappa shape index (κ1) is 18.8. The van der Waals surface area contributed by atoms with Crippen LogP contribution in [-0.4, -0.2) is 25.2 Å². The molecule has 0 aromatic heterocycles. The Morgan fingerprint density at radius 1 is 1.12 bits per heavy atom. The van der Waals surface area contributed by atoms with Gasteiger partial charge in [-0.15, -0.1) is 0 Å². The molecule has 0 saturated heterocycles. The predicted molar refractivity (Wildman–Crippen MR) is 86.9 cm³/mol. The zero-order valence-corrected chi connectivity index (χ0v) is 13.8. The summed E-state index contributed by atoms with van der Waals surface area (Å²) in [5.74, 6) is -1.46. The van der Waals surface area contributed by atoms with Crippen molar-refractivity contribution in [2.24, 2.45) is 0 Å². The quantitative estimate of drug-likeness (QED) is 0.834. The van der Waals surface area contributed by atoms with Crippen LogP contribution in [0, 0.1) is 0 Å². The van der Waals surface area contributed by atoms with Gasteiger partial charge in [0.05, 0.1) is 16.9 Å². The largest absolute Gasteiger partial charge is 0.478 e. The molecule has 2 rings (SSSR count). The Bertz CT molecular complexity index is 891. The summed E-state index contributed by atoms with van der Waals surface area (Å²) in [6.45, 7) is 1.44. The van der Waals surface area contributed by atoms with Gasteiger partial charge in [0.15, 0.2) is 0 Å². The lowest BCUT2D eigenvalue weighted by atomic mass is 9.98. The van der Waals surface area contributed by atoms with Gasteiger partial charge in [-0.05, 0) is 48.4 Å². The van der Waals surface area contributed by atoms with Crippen LogP contribution in [0.15, 0.2) is 42.5 Å². The van der Waals surface area contributed by atoms with E-state index in [2.05, 4.69) is 4.72 Å². The normalized spacial score (nSPS) is 12.0. The van der Waals surface area contributed by atoms with E-state index in [4.69, 9.17) is 0 Å². The summed E-state index contributed by atoms with van der Waals surface area (Å²) < 4.78 is 63.5. The molecular formula is C16H14F3NO4S. The van der Waals surface area contributed by atoms with Gasteiger partial charge in [-0.3, -0.25) is 4.72 Å². The van der Waals surface area contributed by atoms with Crippen molar-refractivity contribution >= 4 is 21.7 Å². The number of carbonyl (C=O) groups is 1. The third-order valence-electron chi connectivity index (χ3n) is 3.43. The molecule has 25 heavy (non-hydrogen) atoms. The summed E-state index contributed by atoms with van der Waals surface area (Å²) >= 11 is 0. The Hall–Kier alpha value is -2.55. The molecule has 0 bridgehead atoms. The third kappa shape index (κ3) is 4.50. The number of carboxylic acid groups (broad SMARTS) is 1. The molecule has 2 aromatic carbocycles. The van der Waals surface area contributed by atoms with Crippen molar-refractivity contribution in [2.75, 3.05) is 10.5 Å². The molecule has 0 spiro atoms. The number of sulfonamides is 1. The lowest BCUT2D eigenvalue weighted by Crippen LogP contribution is -2.15. The minimum atomic E-state index is -4.51. The smallest absolute Gasteiger partial charge is 0.416 e. The van der Waals surface area contributed by atoms with Crippen molar-refractivity contribution in [3.63, 3.8) is 0 Å². The van der Waals surface area contributed by atoms with E-state index < -0.39 is 27.7 Å². The second-order valence-electron chi connectivity index (χ2n) is 5.15.